The molecule has 0 rings (SSSR count). The number of hydrogen-bond donors (Lipinski definition) is 3. The minimum Gasteiger partial charge on any atom is -0.462 e. The predicted molar refractivity (Wildman–Crippen MR) is 326 cm³/mol. The summed E-state index contributed by atoms with van der Waals surface area (Å²) in [5.41, 5.74) is 0. The number of phosphoric acid groups is 2. The van der Waals surface area contributed by atoms with Crippen LogP contribution in [-0.4, -0.2) is 96.7 Å². The molecule has 0 fully saturated rings. The summed E-state index contributed by atoms with van der Waals surface area (Å²) in [6, 6.07) is 0. The van der Waals surface area contributed by atoms with E-state index in [9.17, 15) is 43.2 Å². The van der Waals surface area contributed by atoms with Gasteiger partial charge in [0.1, 0.15) is 19.3 Å². The van der Waals surface area contributed by atoms with Crippen LogP contribution in [0.5, 0.6) is 0 Å². The fraction of sp³-hybridized carbons (Fsp3) is 0.937. The van der Waals surface area contributed by atoms with Gasteiger partial charge in [-0.3, -0.25) is 37.3 Å². The number of aliphatic hydroxyl groups excluding tert-OH is 1. The Balaban J connectivity index is 5.24. The van der Waals surface area contributed by atoms with Gasteiger partial charge in [-0.05, 0) is 43.4 Å². The van der Waals surface area contributed by atoms with Crippen LogP contribution in [0.4, 0.5) is 0 Å². The molecule has 0 saturated heterocycles. The van der Waals surface area contributed by atoms with Crippen molar-refractivity contribution in [1.29, 1.82) is 0 Å². The van der Waals surface area contributed by atoms with Gasteiger partial charge in [-0.2, -0.15) is 0 Å². The summed E-state index contributed by atoms with van der Waals surface area (Å²) in [5.74, 6) is -0.0670. The highest BCUT2D eigenvalue weighted by Gasteiger charge is 2.30. The van der Waals surface area contributed by atoms with E-state index < -0.39 is 97.5 Å². The Kier molecular flexibility index (Phi) is 53.2. The Morgan fingerprint density at radius 2 is 0.561 bits per heavy atom. The predicted octanol–water partition coefficient (Wildman–Crippen LogP) is 17.1. The molecule has 17 nitrogen and oxygen atoms in total. The molecule has 0 aromatic rings. The molecular formula is C63H122O17P2. The molecular weight excluding hydrogens is 1090 g/mol. The van der Waals surface area contributed by atoms with E-state index in [-0.39, 0.29) is 25.7 Å². The zero-order valence-corrected chi connectivity index (χ0v) is 54.7. The maximum Gasteiger partial charge on any atom is 0.472 e. The van der Waals surface area contributed by atoms with Crippen molar-refractivity contribution in [2.45, 2.75) is 324 Å². The van der Waals surface area contributed by atoms with Gasteiger partial charge < -0.3 is 33.8 Å². The highest BCUT2D eigenvalue weighted by atomic mass is 31.2. The molecule has 82 heavy (non-hydrogen) atoms. The Bertz CT molecular complexity index is 1630. The van der Waals surface area contributed by atoms with E-state index in [1.54, 1.807) is 0 Å². The Hall–Kier alpha value is -1.94. The molecule has 0 aliphatic rings. The first-order valence-electron chi connectivity index (χ1n) is 32.8. The molecule has 2 unspecified atom stereocenters. The van der Waals surface area contributed by atoms with E-state index >= 15 is 0 Å². The van der Waals surface area contributed by atoms with Crippen LogP contribution in [0.15, 0.2) is 0 Å². The summed E-state index contributed by atoms with van der Waals surface area (Å²) in [5, 5.41) is 10.5. The maximum atomic E-state index is 13.0. The second-order valence-electron chi connectivity index (χ2n) is 24.2. The number of carbonyl (C=O) groups is 4. The van der Waals surface area contributed by atoms with Crippen LogP contribution in [0.25, 0.3) is 0 Å². The van der Waals surface area contributed by atoms with Gasteiger partial charge in [0.2, 0.25) is 0 Å². The average molecular weight is 1210 g/mol. The van der Waals surface area contributed by atoms with E-state index in [1.807, 2.05) is 0 Å². The van der Waals surface area contributed by atoms with Gasteiger partial charge in [0.05, 0.1) is 26.4 Å². The normalized spacial score (nSPS) is 14.4. The van der Waals surface area contributed by atoms with Crippen molar-refractivity contribution in [2.24, 2.45) is 17.8 Å². The van der Waals surface area contributed by atoms with E-state index in [0.717, 1.165) is 102 Å². The third kappa shape index (κ3) is 57.2. The number of esters is 4. The molecule has 0 radical (unpaired) electrons. The lowest BCUT2D eigenvalue weighted by Gasteiger charge is -2.21. The largest absolute Gasteiger partial charge is 0.472 e. The van der Waals surface area contributed by atoms with Crippen molar-refractivity contribution in [3.05, 3.63) is 0 Å². The number of phosphoric ester groups is 2. The molecule has 0 bridgehead atoms. The van der Waals surface area contributed by atoms with Crippen LogP contribution >= 0.6 is 15.6 Å². The second kappa shape index (κ2) is 54.5. The third-order valence-electron chi connectivity index (χ3n) is 14.4. The van der Waals surface area contributed by atoms with Crippen LogP contribution in [0.2, 0.25) is 0 Å². The zero-order chi connectivity index (χ0) is 61.0. The highest BCUT2D eigenvalue weighted by Crippen LogP contribution is 2.45. The minimum absolute atomic E-state index is 0.101. The number of unbranched alkanes of at least 4 members (excludes halogenated alkanes) is 29. The SMILES string of the molecule is CCCCCCCCCCCCCCCC(=O)O[C@H](COC(=O)CCCCCCCCCCC(C)C)COP(=O)(O)OC[C@@H](O)COP(=O)(O)OC[C@@H](COC(=O)CCCCCCCCC(C)C)OC(=O)CCCCCCCCC(C)C. The van der Waals surface area contributed by atoms with Crippen LogP contribution in [0.3, 0.4) is 0 Å². The Labute approximate surface area is 498 Å². The van der Waals surface area contributed by atoms with E-state index in [2.05, 4.69) is 48.5 Å². The zero-order valence-electron chi connectivity index (χ0n) is 52.9. The quantitative estimate of drug-likeness (QED) is 0.0222. The van der Waals surface area contributed by atoms with Crippen LogP contribution in [0, 0.1) is 17.8 Å². The van der Waals surface area contributed by atoms with Gasteiger partial charge >= 0.3 is 39.5 Å². The highest BCUT2D eigenvalue weighted by molar-refractivity contribution is 7.47. The smallest absolute Gasteiger partial charge is 0.462 e. The van der Waals surface area contributed by atoms with Crippen molar-refractivity contribution >= 4 is 39.5 Å². The molecule has 0 heterocycles. The molecule has 0 aliphatic heterocycles. The number of aliphatic hydroxyl groups is 1. The van der Waals surface area contributed by atoms with Gasteiger partial charge in [-0.25, -0.2) is 9.13 Å². The lowest BCUT2D eigenvalue weighted by atomic mass is 10.0. The molecule has 0 amide bonds. The Morgan fingerprint density at radius 1 is 0.329 bits per heavy atom. The van der Waals surface area contributed by atoms with E-state index in [0.29, 0.717) is 37.5 Å². The van der Waals surface area contributed by atoms with Crippen molar-refractivity contribution in [3.63, 3.8) is 0 Å². The fourth-order valence-electron chi connectivity index (χ4n) is 9.30. The number of ether oxygens (including phenoxy) is 4. The van der Waals surface area contributed by atoms with Gasteiger partial charge in [0.25, 0.3) is 0 Å². The Morgan fingerprint density at radius 3 is 0.829 bits per heavy atom. The fourth-order valence-corrected chi connectivity index (χ4v) is 10.9. The summed E-state index contributed by atoms with van der Waals surface area (Å²) in [6.07, 6.45) is 35.1. The van der Waals surface area contributed by atoms with Gasteiger partial charge in [0, 0.05) is 25.7 Å². The third-order valence-corrected chi connectivity index (χ3v) is 16.3. The summed E-state index contributed by atoms with van der Waals surface area (Å²) in [4.78, 5) is 72.1. The molecule has 0 saturated carbocycles. The minimum atomic E-state index is -4.94. The lowest BCUT2D eigenvalue weighted by Crippen LogP contribution is -2.30. The van der Waals surface area contributed by atoms with Crippen LogP contribution in [0.1, 0.15) is 305 Å². The molecule has 0 aliphatic carbocycles. The van der Waals surface area contributed by atoms with Crippen molar-refractivity contribution in [1.82, 2.24) is 0 Å². The molecule has 0 aromatic carbocycles. The second-order valence-corrected chi connectivity index (χ2v) is 27.1. The molecule has 0 spiro atoms. The van der Waals surface area contributed by atoms with E-state index in [1.165, 1.54) is 109 Å². The summed E-state index contributed by atoms with van der Waals surface area (Å²) in [6.45, 7) is 11.6. The molecule has 5 atom stereocenters. The molecule has 3 N–H and O–H groups in total. The monoisotopic (exact) mass is 1210 g/mol. The van der Waals surface area contributed by atoms with Crippen LogP contribution in [-0.2, 0) is 65.4 Å². The van der Waals surface area contributed by atoms with Crippen molar-refractivity contribution in [2.75, 3.05) is 39.6 Å². The molecule has 0 aromatic heterocycles. The first-order chi connectivity index (χ1) is 39.2. The van der Waals surface area contributed by atoms with E-state index in [4.69, 9.17) is 37.0 Å². The standard InChI is InChI=1S/C63H122O17P2/c1-8-9-10-11-12-13-14-15-16-17-22-32-39-46-62(67)79-58(50-73-60(65)44-37-30-21-19-18-20-27-34-41-54(2)3)52-77-81(69,70)75-48-57(64)49-76-82(71,72)78-53-59(80-63(68)47-40-33-26-24-29-36-43-56(6)7)51-74-61(66)45-38-31-25-23-28-35-42-55(4)5/h54-59,64H,8-53H2,1-7H3,(H,69,70)(H,71,72)/t57-,58-,59-/m1/s1. The molecule has 19 heteroatoms. The lowest BCUT2D eigenvalue weighted by molar-refractivity contribution is -0.161. The topological polar surface area (TPSA) is 237 Å². The van der Waals surface area contributed by atoms with Gasteiger partial charge in [-0.1, -0.05) is 254 Å². The molecule has 486 valence electrons. The first kappa shape index (κ1) is 80.1. The van der Waals surface area contributed by atoms with Gasteiger partial charge in [-0.15, -0.1) is 0 Å². The first-order valence-corrected chi connectivity index (χ1v) is 35.8. The van der Waals surface area contributed by atoms with Crippen molar-refractivity contribution < 1.29 is 80.2 Å². The summed E-state index contributed by atoms with van der Waals surface area (Å²) in [7, 11) is -9.88. The summed E-state index contributed by atoms with van der Waals surface area (Å²) >= 11 is 0. The maximum absolute atomic E-state index is 13.0. The number of carbonyl (C=O) groups excluding carboxylic acids is 4. The number of hydrogen-bond acceptors (Lipinski definition) is 15. The average Bonchev–Trinajstić information content (AvgIpc) is 3.42. The number of rotatable bonds is 61. The van der Waals surface area contributed by atoms with Crippen LogP contribution < -0.4 is 0 Å². The van der Waals surface area contributed by atoms with Crippen molar-refractivity contribution in [3.8, 4) is 0 Å². The van der Waals surface area contributed by atoms with Gasteiger partial charge in [0.15, 0.2) is 12.2 Å². The summed E-state index contributed by atoms with van der Waals surface area (Å²) < 4.78 is 67.9.